The summed E-state index contributed by atoms with van der Waals surface area (Å²) in [6.45, 7) is 2.90. The molecular weight excluding hydrogens is 381 g/mol. The molecule has 0 saturated carbocycles. The van der Waals surface area contributed by atoms with E-state index in [1.54, 1.807) is 18.5 Å². The van der Waals surface area contributed by atoms with Gasteiger partial charge in [0.1, 0.15) is 5.82 Å². The fourth-order valence-electron chi connectivity index (χ4n) is 3.93. The third kappa shape index (κ3) is 3.50. The van der Waals surface area contributed by atoms with E-state index in [1.807, 2.05) is 36.4 Å². The fraction of sp³-hybridized carbons (Fsp3) is 0.174. The molecule has 1 N–H and O–H groups in total. The summed E-state index contributed by atoms with van der Waals surface area (Å²) in [6.07, 6.45) is 3.37. The molecule has 3 heterocycles. The SMILES string of the molecule is O=c1cc(-c2ccncc2)nc(N2CCN(c3cccc4ccc(F)cc34)CC2)[nH]1. The van der Waals surface area contributed by atoms with Crippen LogP contribution in [-0.2, 0) is 0 Å². The van der Waals surface area contributed by atoms with E-state index < -0.39 is 0 Å². The van der Waals surface area contributed by atoms with Crippen molar-refractivity contribution in [2.24, 2.45) is 0 Å². The van der Waals surface area contributed by atoms with E-state index in [4.69, 9.17) is 0 Å². The van der Waals surface area contributed by atoms with Crippen molar-refractivity contribution in [3.8, 4) is 11.3 Å². The van der Waals surface area contributed by atoms with Gasteiger partial charge in [0, 0.05) is 61.3 Å². The number of H-pyrrole nitrogens is 1. The number of hydrogen-bond donors (Lipinski definition) is 1. The van der Waals surface area contributed by atoms with Gasteiger partial charge in [-0.3, -0.25) is 14.8 Å². The predicted molar refractivity (Wildman–Crippen MR) is 116 cm³/mol. The van der Waals surface area contributed by atoms with Crippen molar-refractivity contribution >= 4 is 22.4 Å². The normalized spacial score (nSPS) is 14.3. The van der Waals surface area contributed by atoms with Crippen molar-refractivity contribution in [2.75, 3.05) is 36.0 Å². The standard InChI is InChI=1S/C23H20FN5O/c24-18-5-4-16-2-1-3-21(19(16)14-18)28-10-12-29(13-11-28)23-26-20(15-22(30)27-23)17-6-8-25-9-7-17/h1-9,14-15H,10-13H2,(H,26,27,30). The molecule has 150 valence electrons. The van der Waals surface area contributed by atoms with Gasteiger partial charge in [-0.15, -0.1) is 0 Å². The molecule has 7 heteroatoms. The number of piperazine rings is 1. The summed E-state index contributed by atoms with van der Waals surface area (Å²) >= 11 is 0. The maximum Gasteiger partial charge on any atom is 0.252 e. The van der Waals surface area contributed by atoms with Crippen molar-refractivity contribution in [3.05, 3.63) is 83.2 Å². The molecule has 0 spiro atoms. The van der Waals surface area contributed by atoms with E-state index in [-0.39, 0.29) is 11.4 Å². The molecule has 0 amide bonds. The second-order valence-corrected chi connectivity index (χ2v) is 7.31. The second-order valence-electron chi connectivity index (χ2n) is 7.31. The van der Waals surface area contributed by atoms with Gasteiger partial charge in [-0.1, -0.05) is 18.2 Å². The number of nitrogens with one attached hydrogen (secondary N) is 1. The average Bonchev–Trinajstić information content (AvgIpc) is 2.79. The number of nitrogens with zero attached hydrogens (tertiary/aromatic N) is 4. The van der Waals surface area contributed by atoms with Crippen LogP contribution in [-0.4, -0.2) is 41.1 Å². The molecule has 4 aromatic rings. The molecule has 0 bridgehead atoms. The molecule has 1 saturated heterocycles. The highest BCUT2D eigenvalue weighted by Gasteiger charge is 2.21. The smallest absolute Gasteiger partial charge is 0.252 e. The van der Waals surface area contributed by atoms with Crippen LogP contribution in [0.4, 0.5) is 16.0 Å². The van der Waals surface area contributed by atoms with Crippen molar-refractivity contribution in [1.29, 1.82) is 0 Å². The molecule has 2 aromatic heterocycles. The zero-order valence-corrected chi connectivity index (χ0v) is 16.3. The van der Waals surface area contributed by atoms with Crippen LogP contribution in [0.2, 0.25) is 0 Å². The molecule has 1 aliphatic heterocycles. The number of halogens is 1. The van der Waals surface area contributed by atoms with E-state index in [2.05, 4.69) is 24.8 Å². The van der Waals surface area contributed by atoms with Crippen LogP contribution in [0.5, 0.6) is 0 Å². The van der Waals surface area contributed by atoms with E-state index in [0.717, 1.165) is 35.1 Å². The van der Waals surface area contributed by atoms with Crippen LogP contribution in [0.3, 0.4) is 0 Å². The molecule has 1 fully saturated rings. The van der Waals surface area contributed by atoms with Gasteiger partial charge in [0.2, 0.25) is 5.95 Å². The molecule has 5 rings (SSSR count). The number of aromatic amines is 1. The maximum absolute atomic E-state index is 13.8. The summed E-state index contributed by atoms with van der Waals surface area (Å²) in [5.74, 6) is 0.334. The summed E-state index contributed by atoms with van der Waals surface area (Å²) in [5.41, 5.74) is 2.33. The third-order valence-corrected chi connectivity index (χ3v) is 5.45. The Kier molecular flexibility index (Phi) is 4.63. The third-order valence-electron chi connectivity index (χ3n) is 5.45. The van der Waals surface area contributed by atoms with Crippen molar-refractivity contribution in [1.82, 2.24) is 15.0 Å². The minimum Gasteiger partial charge on any atom is -0.367 e. The number of rotatable bonds is 3. The molecular formula is C23H20FN5O. The number of benzene rings is 2. The molecule has 0 atom stereocenters. The number of pyridine rings is 1. The first kappa shape index (κ1) is 18.3. The van der Waals surface area contributed by atoms with E-state index >= 15 is 0 Å². The van der Waals surface area contributed by atoms with Gasteiger partial charge >= 0.3 is 0 Å². The van der Waals surface area contributed by atoms with E-state index in [9.17, 15) is 9.18 Å². The largest absolute Gasteiger partial charge is 0.367 e. The Morgan fingerprint density at radius 3 is 2.47 bits per heavy atom. The Labute approximate surface area is 172 Å². The van der Waals surface area contributed by atoms with Crippen LogP contribution in [0, 0.1) is 5.82 Å². The summed E-state index contributed by atoms with van der Waals surface area (Å²) in [5, 5.41) is 1.93. The fourth-order valence-corrected chi connectivity index (χ4v) is 3.93. The first-order chi connectivity index (χ1) is 14.7. The minimum atomic E-state index is -0.233. The lowest BCUT2D eigenvalue weighted by atomic mass is 10.1. The van der Waals surface area contributed by atoms with Crippen LogP contribution < -0.4 is 15.4 Å². The quantitative estimate of drug-likeness (QED) is 0.570. The van der Waals surface area contributed by atoms with Crippen LogP contribution >= 0.6 is 0 Å². The molecule has 6 nitrogen and oxygen atoms in total. The zero-order valence-electron chi connectivity index (χ0n) is 16.3. The summed E-state index contributed by atoms with van der Waals surface area (Å²) < 4.78 is 13.8. The van der Waals surface area contributed by atoms with Crippen molar-refractivity contribution < 1.29 is 4.39 Å². The van der Waals surface area contributed by atoms with E-state index in [1.165, 1.54) is 12.1 Å². The first-order valence-electron chi connectivity index (χ1n) is 9.87. The molecule has 2 aromatic carbocycles. The van der Waals surface area contributed by atoms with Crippen LogP contribution in [0.1, 0.15) is 0 Å². The molecule has 0 radical (unpaired) electrons. The lowest BCUT2D eigenvalue weighted by molar-refractivity contribution is 0.628. The zero-order chi connectivity index (χ0) is 20.5. The van der Waals surface area contributed by atoms with E-state index in [0.29, 0.717) is 24.7 Å². The Hall–Kier alpha value is -3.74. The lowest BCUT2D eigenvalue weighted by Crippen LogP contribution is -2.47. The molecule has 1 aliphatic rings. The molecule has 0 aliphatic carbocycles. The number of aromatic nitrogens is 3. The maximum atomic E-state index is 13.8. The van der Waals surface area contributed by atoms with Crippen molar-refractivity contribution in [2.45, 2.75) is 0 Å². The topological polar surface area (TPSA) is 65.1 Å². The predicted octanol–water partition coefficient (Wildman–Crippen LogP) is 3.45. The van der Waals surface area contributed by atoms with Gasteiger partial charge in [0.15, 0.2) is 0 Å². The van der Waals surface area contributed by atoms with Crippen LogP contribution in [0.15, 0.2) is 71.8 Å². The first-order valence-corrected chi connectivity index (χ1v) is 9.87. The Morgan fingerprint density at radius 1 is 0.900 bits per heavy atom. The lowest BCUT2D eigenvalue weighted by Gasteiger charge is -2.37. The highest BCUT2D eigenvalue weighted by atomic mass is 19.1. The van der Waals surface area contributed by atoms with Gasteiger partial charge in [-0.05, 0) is 35.7 Å². The molecule has 0 unspecified atom stereocenters. The summed E-state index contributed by atoms with van der Waals surface area (Å²) in [6, 6.07) is 16.1. The van der Waals surface area contributed by atoms with Gasteiger partial charge < -0.3 is 9.80 Å². The van der Waals surface area contributed by atoms with Gasteiger partial charge in [0.05, 0.1) is 5.69 Å². The summed E-state index contributed by atoms with van der Waals surface area (Å²) in [7, 11) is 0. The van der Waals surface area contributed by atoms with Gasteiger partial charge in [0.25, 0.3) is 5.56 Å². The molecule has 30 heavy (non-hydrogen) atoms. The number of anilines is 2. The second kappa shape index (κ2) is 7.59. The Balaban J connectivity index is 1.39. The Morgan fingerprint density at radius 2 is 1.67 bits per heavy atom. The van der Waals surface area contributed by atoms with Crippen molar-refractivity contribution in [3.63, 3.8) is 0 Å². The highest BCUT2D eigenvalue weighted by molar-refractivity contribution is 5.94. The minimum absolute atomic E-state index is 0.182. The van der Waals surface area contributed by atoms with Gasteiger partial charge in [-0.25, -0.2) is 9.37 Å². The number of hydrogen-bond acceptors (Lipinski definition) is 5. The average molecular weight is 401 g/mol. The monoisotopic (exact) mass is 401 g/mol. The summed E-state index contributed by atoms with van der Waals surface area (Å²) in [4.78, 5) is 28.1. The van der Waals surface area contributed by atoms with Gasteiger partial charge in [-0.2, -0.15) is 0 Å². The Bertz CT molecular complexity index is 1250. The highest BCUT2D eigenvalue weighted by Crippen LogP contribution is 2.29. The van der Waals surface area contributed by atoms with Crippen LogP contribution in [0.25, 0.3) is 22.0 Å². The number of fused-ring (bicyclic) bond motifs is 1.